The Balaban J connectivity index is 1.12. The minimum atomic E-state index is 0.118. The average molecular weight is 471 g/mol. The highest BCUT2D eigenvalue weighted by Crippen LogP contribution is 2.28. The van der Waals surface area contributed by atoms with Gasteiger partial charge in [-0.25, -0.2) is 0 Å². The lowest BCUT2D eigenvalue weighted by Gasteiger charge is -2.37. The molecule has 3 aromatic carbocycles. The van der Waals surface area contributed by atoms with Crippen LogP contribution in [0.15, 0.2) is 78.9 Å². The van der Waals surface area contributed by atoms with Crippen molar-refractivity contribution in [1.29, 1.82) is 0 Å². The van der Waals surface area contributed by atoms with Crippen LogP contribution in [0.2, 0.25) is 0 Å². The number of benzene rings is 3. The zero-order valence-corrected chi connectivity index (χ0v) is 20.5. The summed E-state index contributed by atoms with van der Waals surface area (Å²) in [6.45, 7) is 8.14. The number of hydrogen-bond acceptors (Lipinski definition) is 5. The molecule has 2 saturated heterocycles. The fraction of sp³-hybridized carbons (Fsp3) is 0.345. The fourth-order valence-corrected chi connectivity index (χ4v) is 5.04. The van der Waals surface area contributed by atoms with Gasteiger partial charge in [0.1, 0.15) is 5.75 Å². The van der Waals surface area contributed by atoms with Crippen molar-refractivity contribution in [2.75, 3.05) is 69.3 Å². The maximum Gasteiger partial charge on any atom is 0.253 e. The summed E-state index contributed by atoms with van der Waals surface area (Å²) in [6, 6.07) is 26.9. The van der Waals surface area contributed by atoms with Gasteiger partial charge in [-0.3, -0.25) is 9.69 Å². The second kappa shape index (κ2) is 10.8. The van der Waals surface area contributed by atoms with Crippen LogP contribution in [0.4, 0.5) is 11.4 Å². The third-order valence-electron chi connectivity index (χ3n) is 7.09. The van der Waals surface area contributed by atoms with Crippen molar-refractivity contribution in [3.05, 3.63) is 90.0 Å². The van der Waals surface area contributed by atoms with E-state index in [4.69, 9.17) is 4.74 Å². The molecule has 0 atom stereocenters. The van der Waals surface area contributed by atoms with Crippen LogP contribution in [0.3, 0.4) is 0 Å². The molecule has 0 bridgehead atoms. The van der Waals surface area contributed by atoms with Gasteiger partial charge in [-0.05, 0) is 42.0 Å². The Bertz CT molecular complexity index is 1100. The second-order valence-electron chi connectivity index (χ2n) is 9.25. The smallest absolute Gasteiger partial charge is 0.253 e. The quantitative estimate of drug-likeness (QED) is 0.545. The molecular formula is C29H34N4O2. The van der Waals surface area contributed by atoms with Crippen molar-refractivity contribution < 1.29 is 9.53 Å². The topological polar surface area (TPSA) is 39.3 Å². The molecule has 35 heavy (non-hydrogen) atoms. The minimum Gasteiger partial charge on any atom is -0.495 e. The number of methoxy groups -OCH3 is 1. The predicted octanol–water partition coefficient (Wildman–Crippen LogP) is 3.98. The Kier molecular flexibility index (Phi) is 7.19. The van der Waals surface area contributed by atoms with Gasteiger partial charge in [-0.1, -0.05) is 42.5 Å². The third kappa shape index (κ3) is 5.43. The van der Waals surface area contributed by atoms with E-state index in [1.807, 2.05) is 35.2 Å². The Morgan fingerprint density at radius 2 is 1.34 bits per heavy atom. The van der Waals surface area contributed by atoms with E-state index in [2.05, 4.69) is 63.2 Å². The summed E-state index contributed by atoms with van der Waals surface area (Å²) in [7, 11) is 1.70. The van der Waals surface area contributed by atoms with Gasteiger partial charge in [0, 0.05) is 70.2 Å². The Hall–Kier alpha value is -3.51. The molecule has 2 aliphatic heterocycles. The number of piperazine rings is 2. The van der Waals surface area contributed by atoms with Gasteiger partial charge in [0.2, 0.25) is 0 Å². The first-order chi connectivity index (χ1) is 17.2. The molecule has 1 amide bonds. The number of ether oxygens (including phenoxy) is 1. The van der Waals surface area contributed by atoms with Gasteiger partial charge in [-0.2, -0.15) is 0 Å². The number of amides is 1. The molecule has 2 heterocycles. The highest BCUT2D eigenvalue weighted by Gasteiger charge is 2.24. The third-order valence-corrected chi connectivity index (χ3v) is 7.09. The molecule has 2 aliphatic rings. The van der Waals surface area contributed by atoms with E-state index in [0.29, 0.717) is 13.1 Å². The van der Waals surface area contributed by atoms with E-state index >= 15 is 0 Å². The van der Waals surface area contributed by atoms with Gasteiger partial charge in [0.25, 0.3) is 5.91 Å². The normalized spacial score (nSPS) is 16.9. The summed E-state index contributed by atoms with van der Waals surface area (Å²) in [4.78, 5) is 22.3. The molecule has 0 saturated carbocycles. The van der Waals surface area contributed by atoms with Crippen molar-refractivity contribution in [2.24, 2.45) is 0 Å². The highest BCUT2D eigenvalue weighted by atomic mass is 16.5. The molecule has 6 nitrogen and oxygen atoms in total. The van der Waals surface area contributed by atoms with Crippen molar-refractivity contribution in [3.8, 4) is 5.75 Å². The fourth-order valence-electron chi connectivity index (χ4n) is 5.04. The monoisotopic (exact) mass is 470 g/mol. The van der Waals surface area contributed by atoms with Crippen LogP contribution >= 0.6 is 0 Å². The summed E-state index contributed by atoms with van der Waals surface area (Å²) in [6.07, 6.45) is 0. The molecule has 5 rings (SSSR count). The second-order valence-corrected chi connectivity index (χ2v) is 9.25. The Labute approximate surface area is 208 Å². The van der Waals surface area contributed by atoms with Crippen LogP contribution in [-0.4, -0.2) is 75.2 Å². The van der Waals surface area contributed by atoms with Crippen molar-refractivity contribution in [3.63, 3.8) is 0 Å². The largest absolute Gasteiger partial charge is 0.495 e. The van der Waals surface area contributed by atoms with Gasteiger partial charge in [0.15, 0.2) is 0 Å². The first-order valence-corrected chi connectivity index (χ1v) is 12.5. The van der Waals surface area contributed by atoms with Gasteiger partial charge in [-0.15, -0.1) is 0 Å². The van der Waals surface area contributed by atoms with Gasteiger partial charge in [0.05, 0.1) is 12.8 Å². The van der Waals surface area contributed by atoms with Crippen LogP contribution in [0.1, 0.15) is 15.9 Å². The van der Waals surface area contributed by atoms with Crippen molar-refractivity contribution >= 4 is 17.3 Å². The van der Waals surface area contributed by atoms with E-state index in [9.17, 15) is 4.79 Å². The maximum absolute atomic E-state index is 13.1. The molecule has 2 fully saturated rings. The Morgan fingerprint density at radius 1 is 0.714 bits per heavy atom. The number of hydrogen-bond donors (Lipinski definition) is 0. The number of anilines is 2. The van der Waals surface area contributed by atoms with Crippen LogP contribution in [-0.2, 0) is 6.54 Å². The van der Waals surface area contributed by atoms with Crippen LogP contribution < -0.4 is 14.5 Å². The maximum atomic E-state index is 13.1. The van der Waals surface area contributed by atoms with E-state index in [1.165, 1.54) is 11.3 Å². The number of para-hydroxylation sites is 3. The highest BCUT2D eigenvalue weighted by molar-refractivity contribution is 5.94. The minimum absolute atomic E-state index is 0.118. The zero-order chi connectivity index (χ0) is 24.0. The standard InChI is InChI=1S/C29H34N4O2/c1-35-28-10-6-5-9-27(28)32-19-21-33(22-20-32)29(34)25-13-11-24(12-14-25)23-30-15-17-31(18-16-30)26-7-3-2-4-8-26/h2-14H,15-23H2,1H3. The first-order valence-electron chi connectivity index (χ1n) is 12.5. The summed E-state index contributed by atoms with van der Waals surface area (Å²) in [5, 5.41) is 0. The predicted molar refractivity (Wildman–Crippen MR) is 141 cm³/mol. The molecule has 0 aromatic heterocycles. The summed E-state index contributed by atoms with van der Waals surface area (Å²) < 4.78 is 5.51. The zero-order valence-electron chi connectivity index (χ0n) is 20.5. The van der Waals surface area contributed by atoms with E-state index in [0.717, 1.165) is 62.8 Å². The summed E-state index contributed by atoms with van der Waals surface area (Å²) in [5.74, 6) is 0.997. The molecule has 182 valence electrons. The lowest BCUT2D eigenvalue weighted by molar-refractivity contribution is 0.0746. The van der Waals surface area contributed by atoms with Crippen molar-refractivity contribution in [2.45, 2.75) is 6.54 Å². The molecule has 0 N–H and O–H groups in total. The number of rotatable bonds is 6. The van der Waals surface area contributed by atoms with E-state index < -0.39 is 0 Å². The van der Waals surface area contributed by atoms with Crippen LogP contribution in [0, 0.1) is 0 Å². The van der Waals surface area contributed by atoms with E-state index in [-0.39, 0.29) is 5.91 Å². The lowest BCUT2D eigenvalue weighted by atomic mass is 10.1. The summed E-state index contributed by atoms with van der Waals surface area (Å²) >= 11 is 0. The molecule has 0 unspecified atom stereocenters. The summed E-state index contributed by atoms with van der Waals surface area (Å²) in [5.41, 5.74) is 4.43. The Morgan fingerprint density at radius 3 is 2.03 bits per heavy atom. The SMILES string of the molecule is COc1ccccc1N1CCN(C(=O)c2ccc(CN3CCN(c4ccccc4)CC3)cc2)CC1. The number of carbonyl (C=O) groups excluding carboxylic acids is 1. The molecule has 0 spiro atoms. The lowest BCUT2D eigenvalue weighted by Crippen LogP contribution is -2.48. The van der Waals surface area contributed by atoms with Crippen molar-refractivity contribution in [1.82, 2.24) is 9.80 Å². The van der Waals surface area contributed by atoms with Gasteiger partial charge < -0.3 is 19.4 Å². The molecule has 3 aromatic rings. The van der Waals surface area contributed by atoms with Crippen LogP contribution in [0.5, 0.6) is 5.75 Å². The van der Waals surface area contributed by atoms with Crippen LogP contribution in [0.25, 0.3) is 0 Å². The first kappa shape index (κ1) is 23.2. The van der Waals surface area contributed by atoms with E-state index in [1.54, 1.807) is 7.11 Å². The number of carbonyl (C=O) groups is 1. The average Bonchev–Trinajstić information content (AvgIpc) is 2.94. The molecule has 0 aliphatic carbocycles. The molecular weight excluding hydrogens is 436 g/mol. The van der Waals surface area contributed by atoms with Gasteiger partial charge >= 0.3 is 0 Å². The number of nitrogens with zero attached hydrogens (tertiary/aromatic N) is 4. The molecule has 6 heteroatoms. The molecule has 0 radical (unpaired) electrons.